The molecule has 9 atom stereocenters. The average Bonchev–Trinajstić information content (AvgIpc) is 2.87. The lowest BCUT2D eigenvalue weighted by molar-refractivity contribution is -0.157. The van der Waals surface area contributed by atoms with Gasteiger partial charge in [-0.1, -0.05) is 66.0 Å². The lowest BCUT2D eigenvalue weighted by Gasteiger charge is -2.61. The molecule has 0 aromatic rings. The molecule has 0 bridgehead atoms. The molecule has 0 aliphatic heterocycles. The maximum absolute atomic E-state index is 13.5. The molecule has 5 rings (SSSR count). The van der Waals surface area contributed by atoms with Gasteiger partial charge in [0.1, 0.15) is 0 Å². The summed E-state index contributed by atoms with van der Waals surface area (Å²) in [6.07, 6.45) is 13.7. The standard InChI is InChI=1S/C30H49NO/c1-18(2)29(7)25-24-15-14-21-20-11-9-8-10-19(20)12-13-22(21)23(24)16-17-30(25,26(31)32)28(5,6)27(29,3)4/h19-25H,1,8-17H2,2-7H3,(H2,31,32). The Bertz CT molecular complexity index is 810. The number of nitrogens with two attached hydrogens (primary N) is 1. The molecule has 0 spiro atoms. The fourth-order valence-electron chi connectivity index (χ4n) is 11.3. The van der Waals surface area contributed by atoms with Gasteiger partial charge in [0.15, 0.2) is 0 Å². The van der Waals surface area contributed by atoms with Gasteiger partial charge in [0.05, 0.1) is 5.41 Å². The molecule has 2 heteroatoms. The molecule has 9 unspecified atom stereocenters. The van der Waals surface area contributed by atoms with Crippen molar-refractivity contribution in [2.75, 3.05) is 0 Å². The van der Waals surface area contributed by atoms with E-state index in [0.717, 1.165) is 36.0 Å². The van der Waals surface area contributed by atoms with Crippen LogP contribution in [-0.4, -0.2) is 5.91 Å². The largest absolute Gasteiger partial charge is 0.369 e. The maximum Gasteiger partial charge on any atom is 0.224 e. The van der Waals surface area contributed by atoms with Crippen molar-refractivity contribution in [1.82, 2.24) is 0 Å². The van der Waals surface area contributed by atoms with Crippen molar-refractivity contribution >= 4 is 5.91 Å². The van der Waals surface area contributed by atoms with Gasteiger partial charge in [-0.05, 0) is 110 Å². The first-order chi connectivity index (χ1) is 14.9. The molecule has 5 fully saturated rings. The third-order valence-corrected chi connectivity index (χ3v) is 13.6. The summed E-state index contributed by atoms with van der Waals surface area (Å²) in [5, 5.41) is 0. The van der Waals surface area contributed by atoms with Crippen LogP contribution >= 0.6 is 0 Å². The fraction of sp³-hybridized carbons (Fsp3) is 0.900. The van der Waals surface area contributed by atoms with E-state index in [1.165, 1.54) is 63.4 Å². The lowest BCUT2D eigenvalue weighted by Crippen LogP contribution is -2.59. The summed E-state index contributed by atoms with van der Waals surface area (Å²) < 4.78 is 0. The molecule has 180 valence electrons. The zero-order valence-electron chi connectivity index (χ0n) is 21.8. The Balaban J connectivity index is 1.59. The first-order valence-corrected chi connectivity index (χ1v) is 13.9. The van der Waals surface area contributed by atoms with Crippen molar-refractivity contribution in [3.8, 4) is 0 Å². The summed E-state index contributed by atoms with van der Waals surface area (Å²) in [6, 6.07) is 0. The number of allylic oxidation sites excluding steroid dienone is 1. The van der Waals surface area contributed by atoms with Crippen LogP contribution in [0.4, 0.5) is 0 Å². The minimum absolute atomic E-state index is 0.0258. The summed E-state index contributed by atoms with van der Waals surface area (Å²) >= 11 is 0. The van der Waals surface area contributed by atoms with Crippen LogP contribution in [0.3, 0.4) is 0 Å². The van der Waals surface area contributed by atoms with Gasteiger partial charge in [0.2, 0.25) is 5.91 Å². The van der Waals surface area contributed by atoms with Crippen molar-refractivity contribution in [1.29, 1.82) is 0 Å². The van der Waals surface area contributed by atoms with E-state index in [1.54, 1.807) is 0 Å². The minimum Gasteiger partial charge on any atom is -0.369 e. The Morgan fingerprint density at radius 2 is 1.31 bits per heavy atom. The van der Waals surface area contributed by atoms with Crippen molar-refractivity contribution in [2.24, 2.45) is 68.8 Å². The van der Waals surface area contributed by atoms with E-state index in [-0.39, 0.29) is 22.2 Å². The van der Waals surface area contributed by atoms with Crippen LogP contribution in [0.2, 0.25) is 0 Å². The van der Waals surface area contributed by atoms with E-state index in [2.05, 4.69) is 48.1 Å². The van der Waals surface area contributed by atoms with E-state index >= 15 is 0 Å². The quantitative estimate of drug-likeness (QED) is 0.448. The first kappa shape index (κ1) is 23.0. The van der Waals surface area contributed by atoms with Gasteiger partial charge in [-0.25, -0.2) is 0 Å². The van der Waals surface area contributed by atoms with Crippen LogP contribution in [0.25, 0.3) is 0 Å². The molecule has 5 saturated carbocycles. The summed E-state index contributed by atoms with van der Waals surface area (Å²) in [5.74, 6) is 5.57. The third kappa shape index (κ3) is 2.46. The summed E-state index contributed by atoms with van der Waals surface area (Å²) in [6.45, 7) is 18.8. The summed E-state index contributed by atoms with van der Waals surface area (Å²) in [7, 11) is 0. The average molecular weight is 440 g/mol. The van der Waals surface area contributed by atoms with Gasteiger partial charge in [-0.3, -0.25) is 4.79 Å². The first-order valence-electron chi connectivity index (χ1n) is 13.9. The number of amides is 1. The van der Waals surface area contributed by atoms with Crippen LogP contribution in [0.1, 0.15) is 106 Å². The SMILES string of the molecule is C=C(C)C1(C)C2C3CCC4C5CCCCC5CCC4C3CCC2(C(N)=O)C(C)(C)C1(C)C. The maximum atomic E-state index is 13.5. The number of carbonyl (C=O) groups is 1. The van der Waals surface area contributed by atoms with Crippen LogP contribution in [0.5, 0.6) is 0 Å². The number of rotatable bonds is 2. The Labute approximate surface area is 197 Å². The summed E-state index contributed by atoms with van der Waals surface area (Å²) in [4.78, 5) is 13.5. The monoisotopic (exact) mass is 439 g/mol. The van der Waals surface area contributed by atoms with E-state index in [1.807, 2.05) is 0 Å². The molecule has 32 heavy (non-hydrogen) atoms. The van der Waals surface area contributed by atoms with E-state index < -0.39 is 5.41 Å². The molecule has 5 aliphatic rings. The highest BCUT2D eigenvalue weighted by molar-refractivity contribution is 5.84. The highest BCUT2D eigenvalue weighted by Gasteiger charge is 2.78. The van der Waals surface area contributed by atoms with Crippen LogP contribution in [0.15, 0.2) is 12.2 Å². The van der Waals surface area contributed by atoms with Crippen molar-refractivity contribution in [2.45, 2.75) is 106 Å². The zero-order chi connectivity index (χ0) is 23.3. The van der Waals surface area contributed by atoms with Gasteiger partial charge in [-0.15, -0.1) is 0 Å². The van der Waals surface area contributed by atoms with Crippen molar-refractivity contribution in [3.05, 3.63) is 12.2 Å². The van der Waals surface area contributed by atoms with Gasteiger partial charge in [0.25, 0.3) is 0 Å². The second-order valence-electron chi connectivity index (χ2n) is 14.1. The van der Waals surface area contributed by atoms with Crippen LogP contribution < -0.4 is 5.73 Å². The Hall–Kier alpha value is -0.790. The minimum atomic E-state index is -0.416. The predicted octanol–water partition coefficient (Wildman–Crippen LogP) is 7.38. The lowest BCUT2D eigenvalue weighted by atomic mass is 9.43. The van der Waals surface area contributed by atoms with E-state index in [0.29, 0.717) is 11.8 Å². The molecular weight excluding hydrogens is 390 g/mol. The molecule has 0 aromatic heterocycles. The molecule has 2 nitrogen and oxygen atoms in total. The number of primary amides is 1. The molecule has 2 N–H and O–H groups in total. The van der Waals surface area contributed by atoms with Gasteiger partial charge < -0.3 is 5.73 Å². The summed E-state index contributed by atoms with van der Waals surface area (Å²) in [5.41, 5.74) is 7.04. The van der Waals surface area contributed by atoms with Gasteiger partial charge in [0, 0.05) is 0 Å². The van der Waals surface area contributed by atoms with Crippen LogP contribution in [-0.2, 0) is 4.79 Å². The molecule has 1 amide bonds. The second kappa shape index (κ2) is 7.11. The van der Waals surface area contributed by atoms with Crippen molar-refractivity contribution in [3.63, 3.8) is 0 Å². The molecule has 0 aromatic carbocycles. The Morgan fingerprint density at radius 3 is 1.97 bits per heavy atom. The van der Waals surface area contributed by atoms with Crippen molar-refractivity contribution < 1.29 is 4.79 Å². The second-order valence-corrected chi connectivity index (χ2v) is 14.1. The van der Waals surface area contributed by atoms with Gasteiger partial charge in [-0.2, -0.15) is 0 Å². The molecule has 0 heterocycles. The molecule has 5 aliphatic carbocycles. The highest BCUT2D eigenvalue weighted by Crippen LogP contribution is 2.80. The predicted molar refractivity (Wildman–Crippen MR) is 133 cm³/mol. The topological polar surface area (TPSA) is 43.1 Å². The van der Waals surface area contributed by atoms with E-state index in [4.69, 9.17) is 5.73 Å². The molecule has 0 radical (unpaired) electrons. The smallest absolute Gasteiger partial charge is 0.224 e. The number of hydrogen-bond acceptors (Lipinski definition) is 1. The third-order valence-electron chi connectivity index (χ3n) is 13.6. The number of carbonyl (C=O) groups excluding carboxylic acids is 1. The molecule has 0 saturated heterocycles. The Morgan fingerprint density at radius 1 is 0.750 bits per heavy atom. The Kier molecular flexibility index (Phi) is 5.10. The zero-order valence-corrected chi connectivity index (χ0v) is 21.8. The van der Waals surface area contributed by atoms with E-state index in [9.17, 15) is 4.79 Å². The number of fused-ring (bicyclic) bond motifs is 7. The number of hydrogen-bond donors (Lipinski definition) is 1. The normalized spacial score (nSPS) is 51.0. The highest BCUT2D eigenvalue weighted by atomic mass is 16.1. The van der Waals surface area contributed by atoms with Crippen LogP contribution in [0, 0.1) is 63.1 Å². The molecular formula is C30H49NO. The fourth-order valence-corrected chi connectivity index (χ4v) is 11.3. The van der Waals surface area contributed by atoms with Gasteiger partial charge >= 0.3 is 0 Å².